The number of hydrogen-bond acceptors (Lipinski definition) is 6. The number of fused-ring (bicyclic) bond motifs is 1. The minimum absolute atomic E-state index is 0.159. The van der Waals surface area contributed by atoms with Crippen molar-refractivity contribution < 1.29 is 18.7 Å². The van der Waals surface area contributed by atoms with Gasteiger partial charge in [0, 0.05) is 33.6 Å². The van der Waals surface area contributed by atoms with Crippen LogP contribution in [0.4, 0.5) is 10.5 Å². The van der Waals surface area contributed by atoms with Gasteiger partial charge in [-0.3, -0.25) is 9.78 Å². The number of nitrogens with zero attached hydrogens (tertiary/aromatic N) is 3. The first kappa shape index (κ1) is 24.8. The zero-order chi connectivity index (χ0) is 26.1. The highest BCUT2D eigenvalue weighted by molar-refractivity contribution is 6.36. The van der Waals surface area contributed by atoms with Crippen molar-refractivity contribution in [2.24, 2.45) is 0 Å². The first-order valence-corrected chi connectivity index (χ1v) is 12.0. The Bertz CT molecular complexity index is 1640. The number of imide groups is 1. The van der Waals surface area contributed by atoms with E-state index in [0.717, 1.165) is 10.5 Å². The van der Waals surface area contributed by atoms with Gasteiger partial charge in [-0.1, -0.05) is 46.9 Å². The number of halogens is 3. The molecule has 2 amide bonds. The normalized spacial score (nSPS) is 10.9. The molecule has 37 heavy (non-hydrogen) atoms. The molecule has 184 valence electrons. The van der Waals surface area contributed by atoms with Gasteiger partial charge in [0.05, 0.1) is 28.8 Å². The summed E-state index contributed by atoms with van der Waals surface area (Å²) in [6.07, 6.45) is 3.27. The molecule has 2 aromatic carbocycles. The van der Waals surface area contributed by atoms with E-state index in [2.05, 4.69) is 4.98 Å². The molecule has 0 aliphatic carbocycles. The summed E-state index contributed by atoms with van der Waals surface area (Å²) in [5.41, 5.74) is 3.10. The molecular weight excluding hydrogens is 537 g/mol. The van der Waals surface area contributed by atoms with Crippen LogP contribution in [-0.2, 0) is 4.74 Å². The van der Waals surface area contributed by atoms with Crippen LogP contribution in [0.5, 0.6) is 0 Å². The van der Waals surface area contributed by atoms with Crippen molar-refractivity contribution >= 4 is 63.6 Å². The first-order chi connectivity index (χ1) is 17.9. The number of ether oxygens (including phenoxy) is 1. The van der Waals surface area contributed by atoms with Crippen molar-refractivity contribution in [2.45, 2.75) is 0 Å². The number of benzene rings is 2. The first-order valence-electron chi connectivity index (χ1n) is 10.8. The van der Waals surface area contributed by atoms with Crippen molar-refractivity contribution in [2.75, 3.05) is 12.0 Å². The Kier molecular flexibility index (Phi) is 6.84. The number of carbonyl (C=O) groups excluding carboxylic acids is 2. The van der Waals surface area contributed by atoms with Gasteiger partial charge in [-0.05, 0) is 54.1 Å². The largest absolute Gasteiger partial charge is 0.452 e. The number of hydrogen-bond donors (Lipinski definition) is 0. The van der Waals surface area contributed by atoms with Crippen molar-refractivity contribution in [3.8, 4) is 22.4 Å². The number of rotatable bonds is 4. The fourth-order valence-electron chi connectivity index (χ4n) is 3.85. The van der Waals surface area contributed by atoms with Crippen molar-refractivity contribution in [3.05, 3.63) is 100.0 Å². The predicted molar refractivity (Wildman–Crippen MR) is 143 cm³/mol. The molecule has 0 radical (unpaired) electrons. The van der Waals surface area contributed by atoms with Gasteiger partial charge in [0.1, 0.15) is 12.0 Å². The lowest BCUT2D eigenvalue weighted by Crippen LogP contribution is -2.36. The van der Waals surface area contributed by atoms with E-state index < -0.39 is 12.0 Å². The Labute approximate surface area is 226 Å². The predicted octanol–water partition coefficient (Wildman–Crippen LogP) is 7.93. The summed E-state index contributed by atoms with van der Waals surface area (Å²) >= 11 is 18.8. The van der Waals surface area contributed by atoms with Gasteiger partial charge in [0.2, 0.25) is 5.71 Å². The number of furan rings is 1. The van der Waals surface area contributed by atoms with Gasteiger partial charge in [-0.25, -0.2) is 14.7 Å². The summed E-state index contributed by atoms with van der Waals surface area (Å²) in [6.45, 7) is 0. The highest BCUT2D eigenvalue weighted by Gasteiger charge is 2.30. The number of pyridine rings is 2. The number of methoxy groups -OCH3 is 1. The van der Waals surface area contributed by atoms with Crippen LogP contribution in [-0.4, -0.2) is 29.1 Å². The van der Waals surface area contributed by atoms with E-state index in [1.807, 2.05) is 12.1 Å². The van der Waals surface area contributed by atoms with Crippen molar-refractivity contribution in [1.82, 2.24) is 9.97 Å². The third kappa shape index (κ3) is 4.76. The highest BCUT2D eigenvalue weighted by atomic mass is 35.5. The number of carbonyl (C=O) groups is 2. The molecular formula is C27H16Cl3N3O4. The molecule has 7 nitrogen and oxygen atoms in total. The third-order valence-corrected chi connectivity index (χ3v) is 6.40. The van der Waals surface area contributed by atoms with Crippen LogP contribution >= 0.6 is 34.8 Å². The quantitative estimate of drug-likeness (QED) is 0.225. The maximum atomic E-state index is 13.3. The number of amides is 2. The summed E-state index contributed by atoms with van der Waals surface area (Å²) in [5, 5.41) is 1.84. The zero-order valence-electron chi connectivity index (χ0n) is 19.1. The minimum atomic E-state index is -0.894. The Hall–Kier alpha value is -3.91. The van der Waals surface area contributed by atoms with Crippen molar-refractivity contribution in [3.63, 3.8) is 0 Å². The van der Waals surface area contributed by atoms with Gasteiger partial charge in [0.25, 0.3) is 5.91 Å². The summed E-state index contributed by atoms with van der Waals surface area (Å²) in [5.74, 6) is -0.638. The van der Waals surface area contributed by atoms with Crippen molar-refractivity contribution in [1.29, 1.82) is 0 Å². The van der Waals surface area contributed by atoms with E-state index >= 15 is 0 Å². The lowest BCUT2D eigenvalue weighted by Gasteiger charge is -2.18. The van der Waals surface area contributed by atoms with Crippen LogP contribution in [0.25, 0.3) is 33.5 Å². The lowest BCUT2D eigenvalue weighted by molar-refractivity contribution is 0.0975. The van der Waals surface area contributed by atoms with Gasteiger partial charge >= 0.3 is 6.09 Å². The SMILES string of the molecule is COC(=O)N(C(=O)c1cccnc1)c1coc2nc(-c3ccc(Cl)cc3Cl)c(-c3ccc(Cl)cc3)cc12. The Balaban J connectivity index is 1.75. The summed E-state index contributed by atoms with van der Waals surface area (Å²) in [7, 11) is 1.19. The van der Waals surface area contributed by atoms with E-state index in [9.17, 15) is 9.59 Å². The maximum Gasteiger partial charge on any atom is 0.421 e. The molecule has 5 rings (SSSR count). The van der Waals surface area contributed by atoms with E-state index in [0.29, 0.717) is 37.3 Å². The van der Waals surface area contributed by atoms with Gasteiger partial charge in [0.15, 0.2) is 0 Å². The molecule has 0 aliphatic heterocycles. The van der Waals surface area contributed by atoms with E-state index in [1.165, 1.54) is 25.8 Å². The highest BCUT2D eigenvalue weighted by Crippen LogP contribution is 2.41. The fourth-order valence-corrected chi connectivity index (χ4v) is 4.48. The molecule has 5 aromatic rings. The molecule has 0 saturated heterocycles. The Morgan fingerprint density at radius 1 is 0.946 bits per heavy atom. The Morgan fingerprint density at radius 2 is 1.70 bits per heavy atom. The van der Waals surface area contributed by atoms with Crippen LogP contribution < -0.4 is 4.90 Å². The zero-order valence-corrected chi connectivity index (χ0v) is 21.4. The van der Waals surface area contributed by atoms with Crippen LogP contribution in [0.2, 0.25) is 15.1 Å². The molecule has 0 atom stereocenters. The van der Waals surface area contributed by atoms with Crippen LogP contribution in [0.15, 0.2) is 83.7 Å². The Morgan fingerprint density at radius 3 is 2.38 bits per heavy atom. The second-order valence-corrected chi connectivity index (χ2v) is 9.12. The van der Waals surface area contributed by atoms with Gasteiger partial charge in [-0.2, -0.15) is 0 Å². The summed E-state index contributed by atoms with van der Waals surface area (Å²) < 4.78 is 10.6. The second kappa shape index (κ2) is 10.2. The average Bonchev–Trinajstić information content (AvgIpc) is 3.31. The molecule has 0 fully saturated rings. The maximum absolute atomic E-state index is 13.3. The van der Waals surface area contributed by atoms with Crippen LogP contribution in [0, 0.1) is 0 Å². The molecule has 0 unspecified atom stereocenters. The molecule has 3 aromatic heterocycles. The van der Waals surface area contributed by atoms with Gasteiger partial charge in [-0.15, -0.1) is 0 Å². The molecule has 10 heteroatoms. The topological polar surface area (TPSA) is 85.5 Å². The smallest absolute Gasteiger partial charge is 0.421 e. The standard InChI is InChI=1S/C27H16Cl3N3O4/c1-36-27(35)33(26(34)16-3-2-10-31-13-16)23-14-37-25-21(23)12-20(15-4-6-17(28)7-5-15)24(32-25)19-9-8-18(29)11-22(19)30/h2-14H,1H3. The average molecular weight is 553 g/mol. The van der Waals surface area contributed by atoms with Crippen LogP contribution in [0.3, 0.4) is 0 Å². The molecule has 3 heterocycles. The fraction of sp³-hybridized carbons (Fsp3) is 0.0370. The molecule has 0 bridgehead atoms. The third-order valence-electron chi connectivity index (χ3n) is 5.60. The second-order valence-electron chi connectivity index (χ2n) is 7.84. The lowest BCUT2D eigenvalue weighted by atomic mass is 9.98. The van der Waals surface area contributed by atoms with E-state index in [1.54, 1.807) is 48.5 Å². The monoisotopic (exact) mass is 551 g/mol. The van der Waals surface area contributed by atoms with E-state index in [4.69, 9.17) is 48.9 Å². The summed E-state index contributed by atoms with van der Waals surface area (Å²) in [6, 6.07) is 17.2. The summed E-state index contributed by atoms with van der Waals surface area (Å²) in [4.78, 5) is 35.7. The molecule has 0 aliphatic rings. The number of aromatic nitrogens is 2. The molecule has 0 saturated carbocycles. The van der Waals surface area contributed by atoms with Crippen LogP contribution in [0.1, 0.15) is 10.4 Å². The number of anilines is 1. The van der Waals surface area contributed by atoms with E-state index in [-0.39, 0.29) is 17.0 Å². The van der Waals surface area contributed by atoms with Gasteiger partial charge < -0.3 is 9.15 Å². The minimum Gasteiger partial charge on any atom is -0.452 e. The molecule has 0 spiro atoms. The molecule has 0 N–H and O–H groups in total.